The first-order valence-corrected chi connectivity index (χ1v) is 16.0. The van der Waals surface area contributed by atoms with E-state index >= 15 is 0 Å². The maximum Gasteiger partial charge on any atom is 0.472 e. The first kappa shape index (κ1) is 29.6. The highest BCUT2D eigenvalue weighted by Crippen LogP contribution is 2.53. The third-order valence-electron chi connectivity index (χ3n) is 7.42. The van der Waals surface area contributed by atoms with Crippen LogP contribution in [0.1, 0.15) is 12.5 Å². The molecule has 7 N–H and O–H groups in total. The molecule has 22 heteroatoms. The predicted octanol–water partition coefficient (Wildman–Crippen LogP) is -0.714. The van der Waals surface area contributed by atoms with Crippen molar-refractivity contribution in [2.45, 2.75) is 49.1 Å². The number of fused-ring (bicyclic) bond motifs is 5. The van der Waals surface area contributed by atoms with E-state index in [2.05, 4.69) is 19.9 Å². The number of H-pyrrole nitrogens is 1. The van der Waals surface area contributed by atoms with Crippen molar-refractivity contribution < 1.29 is 56.7 Å². The highest BCUT2D eigenvalue weighted by molar-refractivity contribution is 7.47. The van der Waals surface area contributed by atoms with Gasteiger partial charge >= 0.3 is 15.6 Å². The van der Waals surface area contributed by atoms with Crippen molar-refractivity contribution in [3.8, 4) is 0 Å². The fourth-order valence-corrected chi connectivity index (χ4v) is 7.32. The molecule has 0 aliphatic carbocycles. The van der Waals surface area contributed by atoms with Crippen LogP contribution in [0.15, 0.2) is 41.7 Å². The van der Waals surface area contributed by atoms with Crippen LogP contribution in [0.5, 0.6) is 0 Å². The monoisotopic (exact) mass is 657 g/mol. The van der Waals surface area contributed by atoms with Crippen molar-refractivity contribution in [1.29, 1.82) is 0 Å². The number of benzene rings is 1. The summed E-state index contributed by atoms with van der Waals surface area (Å²) in [5, 5.41) is 22.1. The predicted molar refractivity (Wildman–Crippen MR) is 143 cm³/mol. The van der Waals surface area contributed by atoms with Gasteiger partial charge in [0.15, 0.2) is 23.6 Å². The standard InChI is InChI=1S/C22H25N7O13P2/c23-22-26-18-13(19(32)27-22)25-8-29(18)21-17-14(30)11(39-21)5-37-43(33,34)41-16-12(6-38-44(35,36)42-17)40-20(15(16)31)28-7-24-9-3-1-2-4-10(9)28/h1-4,7-8,11-12,14-17,20-21,30-31H,5-6H2,(H,33,34)(H,35,36)(H3,23,26,27,32)/t11-,12-,14?,15?,16+,17+,20-,21-/m1/s1. The first-order valence-electron chi connectivity index (χ1n) is 13.0. The number of aliphatic hydroxyl groups excluding tert-OH is 2. The van der Waals surface area contributed by atoms with Gasteiger partial charge in [0.05, 0.1) is 36.9 Å². The van der Waals surface area contributed by atoms with Gasteiger partial charge in [0.25, 0.3) is 5.56 Å². The van der Waals surface area contributed by atoms with E-state index in [0.29, 0.717) is 11.0 Å². The second-order valence-electron chi connectivity index (χ2n) is 10.2. The molecule has 4 unspecified atom stereocenters. The number of phosphoric acid groups is 2. The summed E-state index contributed by atoms with van der Waals surface area (Å²) in [5.74, 6) is -0.271. The number of imidazole rings is 2. The molecule has 20 nitrogen and oxygen atoms in total. The van der Waals surface area contributed by atoms with E-state index in [1.807, 2.05) is 0 Å². The Morgan fingerprint density at radius 3 is 2.32 bits per heavy atom. The molecule has 4 aromatic rings. The second-order valence-corrected chi connectivity index (χ2v) is 13.0. The Hall–Kier alpha value is -3.10. The molecule has 236 valence electrons. The van der Waals surface area contributed by atoms with Gasteiger partial charge in [-0.05, 0) is 12.1 Å². The van der Waals surface area contributed by atoms with Gasteiger partial charge in [0.2, 0.25) is 5.95 Å². The number of nitrogens with two attached hydrogens (primary N) is 1. The summed E-state index contributed by atoms with van der Waals surface area (Å²) in [6, 6.07) is 6.93. The Morgan fingerprint density at radius 1 is 0.886 bits per heavy atom. The van der Waals surface area contributed by atoms with Crippen LogP contribution in [0.4, 0.5) is 5.95 Å². The summed E-state index contributed by atoms with van der Waals surface area (Å²) in [6.07, 6.45) is -9.66. The quantitative estimate of drug-likeness (QED) is 0.145. The molecule has 0 amide bonds. The number of nitrogen functional groups attached to an aromatic ring is 1. The Morgan fingerprint density at radius 2 is 1.55 bits per heavy atom. The summed E-state index contributed by atoms with van der Waals surface area (Å²) in [4.78, 5) is 48.0. The van der Waals surface area contributed by atoms with Gasteiger partial charge in [-0.2, -0.15) is 4.98 Å². The third-order valence-corrected chi connectivity index (χ3v) is 9.39. The summed E-state index contributed by atoms with van der Waals surface area (Å²) in [6.45, 7) is -1.56. The van der Waals surface area contributed by atoms with Crippen LogP contribution in [0.3, 0.4) is 0 Å². The highest BCUT2D eigenvalue weighted by atomic mass is 31.2. The molecule has 3 fully saturated rings. The topological polar surface area (TPSA) is 278 Å². The molecule has 6 heterocycles. The van der Waals surface area contributed by atoms with Gasteiger partial charge < -0.3 is 39.8 Å². The number of nitrogens with zero attached hydrogens (tertiary/aromatic N) is 5. The van der Waals surface area contributed by atoms with Crippen LogP contribution in [-0.4, -0.2) is 98.9 Å². The number of hydrogen-bond donors (Lipinski definition) is 6. The van der Waals surface area contributed by atoms with Crippen molar-refractivity contribution >= 4 is 43.8 Å². The maximum absolute atomic E-state index is 13.2. The van der Waals surface area contributed by atoms with Gasteiger partial charge in [0, 0.05) is 0 Å². The molecule has 44 heavy (non-hydrogen) atoms. The Kier molecular flexibility index (Phi) is 7.24. The third kappa shape index (κ3) is 5.18. The Balaban J connectivity index is 1.21. The lowest BCUT2D eigenvalue weighted by Gasteiger charge is -2.25. The number of rotatable bonds is 2. The van der Waals surface area contributed by atoms with Crippen LogP contribution < -0.4 is 11.3 Å². The number of aromatic nitrogens is 6. The van der Waals surface area contributed by atoms with Crippen LogP contribution >= 0.6 is 15.6 Å². The number of nitrogens with one attached hydrogen (secondary N) is 1. The van der Waals surface area contributed by atoms with E-state index in [4.69, 9.17) is 33.3 Å². The highest BCUT2D eigenvalue weighted by Gasteiger charge is 2.53. The molecule has 2 bridgehead atoms. The smallest absolute Gasteiger partial charge is 0.387 e. The summed E-state index contributed by atoms with van der Waals surface area (Å²) >= 11 is 0. The van der Waals surface area contributed by atoms with Gasteiger partial charge in [-0.15, -0.1) is 0 Å². The number of anilines is 1. The number of aromatic amines is 1. The van der Waals surface area contributed by atoms with Crippen LogP contribution in [0.2, 0.25) is 0 Å². The maximum atomic E-state index is 13.2. The average Bonchev–Trinajstić information content (AvgIpc) is 3.72. The summed E-state index contributed by atoms with van der Waals surface area (Å²) in [7, 11) is -10.1. The molecule has 3 aliphatic heterocycles. The first-order chi connectivity index (χ1) is 20.9. The number of phosphoric ester groups is 2. The molecule has 0 radical (unpaired) electrons. The average molecular weight is 657 g/mol. The fourth-order valence-electron chi connectivity index (χ4n) is 5.42. The molecule has 10 atom stereocenters. The van der Waals surface area contributed by atoms with Gasteiger partial charge in [-0.25, -0.2) is 19.1 Å². The lowest BCUT2D eigenvalue weighted by Crippen LogP contribution is -2.36. The molecule has 3 aliphatic rings. The number of para-hydroxylation sites is 2. The molecule has 0 saturated carbocycles. The Bertz CT molecular complexity index is 1880. The molecule has 0 spiro atoms. The van der Waals surface area contributed by atoms with Crippen LogP contribution in [0, 0.1) is 0 Å². The van der Waals surface area contributed by atoms with Crippen LogP contribution in [-0.2, 0) is 36.7 Å². The zero-order valence-electron chi connectivity index (χ0n) is 22.2. The largest absolute Gasteiger partial charge is 0.472 e. The SMILES string of the molecule is Nc1nc2c(ncn2[C@@H]2O[C@@H]3COP(=O)(O)O[C@@H]4C(O)[C@H](n5cnc6ccccc65)O[C@@H]4COP(=O)(O)O[C@H]2C3O)c(=O)[nH]1. The van der Waals surface area contributed by atoms with E-state index in [-0.39, 0.29) is 17.1 Å². The molecule has 3 aromatic heterocycles. The normalized spacial score (nSPS) is 38.3. The van der Waals surface area contributed by atoms with Crippen molar-refractivity contribution in [1.82, 2.24) is 29.1 Å². The minimum atomic E-state index is -5.07. The number of aliphatic hydroxyl groups is 2. The minimum absolute atomic E-state index is 0.112. The number of hydrogen-bond acceptors (Lipinski definition) is 15. The Labute approximate surface area is 245 Å². The number of ether oxygens (including phenoxy) is 2. The van der Waals surface area contributed by atoms with E-state index in [1.165, 1.54) is 10.9 Å². The molecular weight excluding hydrogens is 632 g/mol. The van der Waals surface area contributed by atoms with Gasteiger partial charge in [-0.1, -0.05) is 12.1 Å². The lowest BCUT2D eigenvalue weighted by atomic mass is 10.1. The molecule has 1 aromatic carbocycles. The van der Waals surface area contributed by atoms with Crippen molar-refractivity contribution in [3.63, 3.8) is 0 Å². The summed E-state index contributed by atoms with van der Waals surface area (Å²) in [5.41, 5.74) is 5.83. The fraction of sp³-hybridized carbons (Fsp3) is 0.455. The summed E-state index contributed by atoms with van der Waals surface area (Å²) < 4.78 is 61.4. The molecule has 3 saturated heterocycles. The minimum Gasteiger partial charge on any atom is -0.387 e. The molecule has 7 rings (SSSR count). The van der Waals surface area contributed by atoms with E-state index < -0.39 is 83.5 Å². The van der Waals surface area contributed by atoms with Gasteiger partial charge in [-0.3, -0.25) is 32.4 Å². The van der Waals surface area contributed by atoms with Gasteiger partial charge in [0.1, 0.15) is 36.6 Å². The van der Waals surface area contributed by atoms with E-state index in [0.717, 1.165) is 10.9 Å². The van der Waals surface area contributed by atoms with Crippen molar-refractivity contribution in [2.75, 3.05) is 18.9 Å². The second kappa shape index (κ2) is 10.8. The van der Waals surface area contributed by atoms with Crippen molar-refractivity contribution in [2.24, 2.45) is 0 Å². The molecular formula is C22H25N7O13P2. The van der Waals surface area contributed by atoms with Crippen molar-refractivity contribution in [3.05, 3.63) is 47.3 Å². The zero-order valence-corrected chi connectivity index (χ0v) is 24.0. The van der Waals surface area contributed by atoms with E-state index in [1.54, 1.807) is 24.3 Å². The zero-order chi connectivity index (χ0) is 31.0. The lowest BCUT2D eigenvalue weighted by molar-refractivity contribution is -0.0671. The van der Waals surface area contributed by atoms with Crippen LogP contribution in [0.25, 0.3) is 22.2 Å². The van der Waals surface area contributed by atoms with E-state index in [9.17, 15) is 33.9 Å².